The number of unbranched alkanes of at least 4 members (excludes halogenated alkanes) is 1. The van der Waals surface area contributed by atoms with Crippen LogP contribution in [0.5, 0.6) is 0 Å². The SMILES string of the molecule is O=C(O)C1C(CCCC=CCC(F)(F)C(F)(F)C(F)(F)F)=CC(I)=CC1(F)C(F)(F)F. The van der Waals surface area contributed by atoms with Crippen LogP contribution in [-0.2, 0) is 4.79 Å². The van der Waals surface area contributed by atoms with Gasteiger partial charge in [0, 0.05) is 10.0 Å². The molecular weight excluding hydrogens is 572 g/mol. The number of carboxylic acids is 1. The van der Waals surface area contributed by atoms with E-state index < -0.39 is 60.2 Å². The molecule has 178 valence electrons. The monoisotopic (exact) mass is 586 g/mol. The summed E-state index contributed by atoms with van der Waals surface area (Å²) < 4.78 is 142. The predicted octanol–water partition coefficient (Wildman–Crippen LogP) is 7.17. The molecule has 14 heteroatoms. The van der Waals surface area contributed by atoms with Gasteiger partial charge in [0.2, 0.25) is 5.67 Å². The van der Waals surface area contributed by atoms with Gasteiger partial charge in [-0.05, 0) is 54.0 Å². The molecule has 1 aliphatic carbocycles. The second-order valence-corrected chi connectivity index (χ2v) is 7.88. The van der Waals surface area contributed by atoms with Crippen molar-refractivity contribution in [3.63, 3.8) is 0 Å². The highest BCUT2D eigenvalue weighted by atomic mass is 127. The first kappa shape index (κ1) is 27.7. The normalized spacial score (nSPS) is 23.7. The predicted molar refractivity (Wildman–Crippen MR) is 94.8 cm³/mol. The molecule has 0 aromatic heterocycles. The Balaban J connectivity index is 2.81. The Morgan fingerprint density at radius 3 is 2.06 bits per heavy atom. The van der Waals surface area contributed by atoms with Gasteiger partial charge in [0.25, 0.3) is 0 Å². The van der Waals surface area contributed by atoms with Gasteiger partial charge >= 0.3 is 30.2 Å². The van der Waals surface area contributed by atoms with Gasteiger partial charge in [-0.3, -0.25) is 4.79 Å². The van der Waals surface area contributed by atoms with Gasteiger partial charge in [-0.15, -0.1) is 0 Å². The summed E-state index contributed by atoms with van der Waals surface area (Å²) in [5, 5.41) is 9.09. The van der Waals surface area contributed by atoms with Gasteiger partial charge in [0.05, 0.1) is 0 Å². The standard InChI is InChI=1S/C17H14F11IO2/c18-13(16(23,24)25)8-10(29)7-9(11(13)12(30)31)5-3-1-2-4-6-14(19,20)15(21,22)17(26,27)28/h2,4,7-8,11H,1,3,5-6H2,(H,30,31). The molecule has 0 aromatic rings. The van der Waals surface area contributed by atoms with Crippen molar-refractivity contribution in [1.29, 1.82) is 0 Å². The molecule has 1 aliphatic rings. The lowest BCUT2D eigenvalue weighted by atomic mass is 9.77. The Kier molecular flexibility index (Phi) is 8.26. The smallest absolute Gasteiger partial charge is 0.459 e. The van der Waals surface area contributed by atoms with E-state index in [1.807, 2.05) is 0 Å². The van der Waals surface area contributed by atoms with Crippen molar-refractivity contribution >= 4 is 28.6 Å². The van der Waals surface area contributed by atoms with E-state index in [4.69, 9.17) is 5.11 Å². The van der Waals surface area contributed by atoms with E-state index in [1.165, 1.54) is 22.6 Å². The molecule has 31 heavy (non-hydrogen) atoms. The summed E-state index contributed by atoms with van der Waals surface area (Å²) in [7, 11) is 0. The molecule has 0 radical (unpaired) electrons. The van der Waals surface area contributed by atoms with Crippen LogP contribution in [0.2, 0.25) is 0 Å². The lowest BCUT2D eigenvalue weighted by Crippen LogP contribution is -2.51. The number of halogens is 12. The third-order valence-corrected chi connectivity index (χ3v) is 4.96. The lowest BCUT2D eigenvalue weighted by Gasteiger charge is -2.34. The summed E-state index contributed by atoms with van der Waals surface area (Å²) in [6, 6.07) is 0. The summed E-state index contributed by atoms with van der Waals surface area (Å²) in [5.41, 5.74) is -4.62. The van der Waals surface area contributed by atoms with E-state index in [-0.39, 0.29) is 22.5 Å². The molecule has 0 amide bonds. The van der Waals surface area contributed by atoms with E-state index in [2.05, 4.69) is 0 Å². The quantitative estimate of drug-likeness (QED) is 0.142. The highest BCUT2D eigenvalue weighted by Gasteiger charge is 2.72. The number of rotatable bonds is 8. The Bertz CT molecular complexity index is 765. The van der Waals surface area contributed by atoms with E-state index in [9.17, 15) is 53.1 Å². The number of carbonyl (C=O) groups is 1. The second-order valence-electron chi connectivity index (χ2n) is 6.63. The van der Waals surface area contributed by atoms with E-state index >= 15 is 0 Å². The van der Waals surface area contributed by atoms with E-state index in [1.54, 1.807) is 0 Å². The number of aliphatic carboxylic acids is 1. The Labute approximate surface area is 182 Å². The summed E-state index contributed by atoms with van der Waals surface area (Å²) in [6.45, 7) is 0. The van der Waals surface area contributed by atoms with Crippen molar-refractivity contribution in [2.45, 2.75) is 55.5 Å². The van der Waals surface area contributed by atoms with Gasteiger partial charge in [0.15, 0.2) is 0 Å². The maximum atomic E-state index is 14.6. The molecule has 1 rings (SSSR count). The van der Waals surface area contributed by atoms with Crippen molar-refractivity contribution in [1.82, 2.24) is 0 Å². The zero-order valence-corrected chi connectivity index (χ0v) is 17.3. The van der Waals surface area contributed by atoms with E-state index in [0.29, 0.717) is 6.08 Å². The molecule has 0 saturated heterocycles. The van der Waals surface area contributed by atoms with Crippen LogP contribution in [0, 0.1) is 5.92 Å². The molecule has 0 fully saturated rings. The molecule has 0 bridgehead atoms. The largest absolute Gasteiger partial charge is 0.481 e. The van der Waals surface area contributed by atoms with Crippen molar-refractivity contribution in [3.05, 3.63) is 33.5 Å². The van der Waals surface area contributed by atoms with Gasteiger partial charge in [-0.25, -0.2) is 4.39 Å². The Morgan fingerprint density at radius 1 is 1.06 bits per heavy atom. The first-order valence-corrected chi connectivity index (χ1v) is 9.40. The minimum absolute atomic E-state index is 0.124. The van der Waals surface area contributed by atoms with Gasteiger partial charge < -0.3 is 5.11 Å². The summed E-state index contributed by atoms with van der Waals surface area (Å²) in [4.78, 5) is 11.3. The number of alkyl halides is 11. The number of hydrogen-bond donors (Lipinski definition) is 1. The fraction of sp³-hybridized carbons (Fsp3) is 0.588. The van der Waals surface area contributed by atoms with Gasteiger partial charge in [-0.2, -0.15) is 43.9 Å². The molecule has 0 spiro atoms. The van der Waals surface area contributed by atoms with Crippen LogP contribution < -0.4 is 0 Å². The number of hydrogen-bond acceptors (Lipinski definition) is 1. The summed E-state index contributed by atoms with van der Waals surface area (Å²) in [6.07, 6.45) is -12.6. The fourth-order valence-corrected chi connectivity index (χ4v) is 3.62. The zero-order valence-electron chi connectivity index (χ0n) is 15.1. The van der Waals surface area contributed by atoms with Gasteiger partial charge in [-0.1, -0.05) is 17.7 Å². The summed E-state index contributed by atoms with van der Waals surface area (Å²) >= 11 is 1.36. The van der Waals surface area contributed by atoms with Crippen LogP contribution in [0.4, 0.5) is 48.3 Å². The van der Waals surface area contributed by atoms with Crippen molar-refractivity contribution in [2.24, 2.45) is 5.92 Å². The Hall–Kier alpha value is -1.35. The lowest BCUT2D eigenvalue weighted by molar-refractivity contribution is -0.353. The van der Waals surface area contributed by atoms with Crippen LogP contribution in [0.1, 0.15) is 25.7 Å². The molecule has 0 saturated carbocycles. The van der Waals surface area contributed by atoms with Crippen LogP contribution in [0.3, 0.4) is 0 Å². The van der Waals surface area contributed by atoms with Crippen LogP contribution in [0.15, 0.2) is 33.5 Å². The van der Waals surface area contributed by atoms with Crippen LogP contribution in [0.25, 0.3) is 0 Å². The first-order valence-electron chi connectivity index (χ1n) is 8.32. The third kappa shape index (κ3) is 5.92. The van der Waals surface area contributed by atoms with Crippen molar-refractivity contribution in [3.8, 4) is 0 Å². The molecule has 2 nitrogen and oxygen atoms in total. The number of carboxylic acid groups (broad SMARTS) is 1. The maximum Gasteiger partial charge on any atom is 0.459 e. The van der Waals surface area contributed by atoms with Crippen molar-refractivity contribution < 1.29 is 58.2 Å². The molecule has 2 atom stereocenters. The average Bonchev–Trinajstić information content (AvgIpc) is 2.54. The minimum atomic E-state index is -6.47. The number of allylic oxidation sites excluding steroid dienone is 5. The highest BCUT2D eigenvalue weighted by Crippen LogP contribution is 2.50. The third-order valence-electron chi connectivity index (χ3n) is 4.34. The maximum absolute atomic E-state index is 14.6. The molecule has 1 N–H and O–H groups in total. The minimum Gasteiger partial charge on any atom is -0.481 e. The summed E-state index contributed by atoms with van der Waals surface area (Å²) in [5.74, 6) is -16.4. The molecule has 0 aliphatic heterocycles. The molecule has 0 aromatic carbocycles. The fourth-order valence-electron chi connectivity index (χ4n) is 2.77. The molecular formula is C17H14F11IO2. The van der Waals surface area contributed by atoms with Crippen LogP contribution in [-0.4, -0.2) is 40.9 Å². The topological polar surface area (TPSA) is 37.3 Å². The highest BCUT2D eigenvalue weighted by molar-refractivity contribution is 14.1. The van der Waals surface area contributed by atoms with Gasteiger partial charge in [0.1, 0.15) is 5.92 Å². The first-order chi connectivity index (χ1) is 13.8. The molecule has 2 unspecified atom stereocenters. The Morgan fingerprint density at radius 2 is 1.61 bits per heavy atom. The zero-order chi connectivity index (χ0) is 24.5. The van der Waals surface area contributed by atoms with Crippen LogP contribution >= 0.6 is 22.6 Å². The molecule has 0 heterocycles. The second kappa shape index (κ2) is 9.25. The van der Waals surface area contributed by atoms with Crippen molar-refractivity contribution in [2.75, 3.05) is 0 Å². The average molecular weight is 586 g/mol. The van der Waals surface area contributed by atoms with E-state index in [0.717, 1.165) is 12.2 Å².